The summed E-state index contributed by atoms with van der Waals surface area (Å²) in [5.41, 5.74) is 5.85. The van der Waals surface area contributed by atoms with Crippen molar-refractivity contribution in [3.8, 4) is 0 Å². The SMILES string of the molecule is C[C@@H](SNC(N)=O)c1ccc([N+](=O)[O-])cc1. The number of primary amides is 1. The van der Waals surface area contributed by atoms with Gasteiger partial charge in [0.05, 0.1) is 4.92 Å². The van der Waals surface area contributed by atoms with Crippen molar-refractivity contribution in [3.05, 3.63) is 39.9 Å². The summed E-state index contributed by atoms with van der Waals surface area (Å²) in [4.78, 5) is 20.4. The molecule has 1 aromatic rings. The topological polar surface area (TPSA) is 98.3 Å². The van der Waals surface area contributed by atoms with Crippen molar-refractivity contribution in [1.29, 1.82) is 0 Å². The van der Waals surface area contributed by atoms with Crippen molar-refractivity contribution in [2.75, 3.05) is 0 Å². The standard InChI is InChI=1S/C9H11N3O3S/c1-6(16-11-9(10)13)7-2-4-8(5-3-7)12(14)15/h2-6H,1H3,(H3,10,11,13)/t6-/m1/s1. The monoisotopic (exact) mass is 241 g/mol. The molecule has 86 valence electrons. The van der Waals surface area contributed by atoms with Crippen molar-refractivity contribution >= 4 is 23.7 Å². The third kappa shape index (κ3) is 3.43. The van der Waals surface area contributed by atoms with Gasteiger partial charge in [0.25, 0.3) is 5.69 Å². The summed E-state index contributed by atoms with van der Waals surface area (Å²) in [5.74, 6) is 0. The van der Waals surface area contributed by atoms with Gasteiger partial charge in [-0.3, -0.25) is 14.8 Å². The molecule has 0 fully saturated rings. The summed E-state index contributed by atoms with van der Waals surface area (Å²) >= 11 is 1.16. The lowest BCUT2D eigenvalue weighted by Gasteiger charge is -2.10. The highest BCUT2D eigenvalue weighted by molar-refractivity contribution is 7.98. The molecule has 0 saturated heterocycles. The minimum Gasteiger partial charge on any atom is -0.351 e. The largest absolute Gasteiger partial charge is 0.351 e. The Morgan fingerprint density at radius 3 is 2.50 bits per heavy atom. The minimum atomic E-state index is -0.612. The van der Waals surface area contributed by atoms with Gasteiger partial charge in [-0.05, 0) is 24.4 Å². The Morgan fingerprint density at radius 2 is 2.06 bits per heavy atom. The van der Waals surface area contributed by atoms with Gasteiger partial charge in [-0.25, -0.2) is 4.79 Å². The molecule has 1 atom stereocenters. The first-order valence-electron chi connectivity index (χ1n) is 4.46. The van der Waals surface area contributed by atoms with E-state index in [4.69, 9.17) is 5.73 Å². The second-order valence-electron chi connectivity index (χ2n) is 3.08. The van der Waals surface area contributed by atoms with Gasteiger partial charge in [0, 0.05) is 17.4 Å². The van der Waals surface area contributed by atoms with E-state index in [-0.39, 0.29) is 10.9 Å². The molecule has 0 unspecified atom stereocenters. The summed E-state index contributed by atoms with van der Waals surface area (Å²) < 4.78 is 2.40. The average Bonchev–Trinajstić information content (AvgIpc) is 2.26. The number of amides is 2. The van der Waals surface area contributed by atoms with E-state index in [1.54, 1.807) is 12.1 Å². The number of hydrogen-bond acceptors (Lipinski definition) is 4. The average molecular weight is 241 g/mol. The Labute approximate surface area is 96.5 Å². The molecule has 0 heterocycles. The second kappa shape index (κ2) is 5.36. The van der Waals surface area contributed by atoms with Crippen LogP contribution < -0.4 is 10.5 Å². The highest BCUT2D eigenvalue weighted by Crippen LogP contribution is 2.26. The lowest BCUT2D eigenvalue weighted by molar-refractivity contribution is -0.384. The highest BCUT2D eigenvalue weighted by atomic mass is 32.2. The quantitative estimate of drug-likeness (QED) is 0.478. The third-order valence-corrected chi connectivity index (χ3v) is 2.85. The smallest absolute Gasteiger partial charge is 0.322 e. The Balaban J connectivity index is 2.66. The molecule has 0 aliphatic carbocycles. The normalized spacial score (nSPS) is 11.8. The molecule has 2 amide bonds. The number of nitrogens with one attached hydrogen (secondary N) is 1. The van der Waals surface area contributed by atoms with Crippen LogP contribution >= 0.6 is 11.9 Å². The molecule has 0 aliphatic rings. The number of non-ortho nitro benzene ring substituents is 1. The van der Waals surface area contributed by atoms with Crippen LogP contribution in [0.15, 0.2) is 24.3 Å². The number of rotatable bonds is 4. The predicted molar refractivity (Wildman–Crippen MR) is 61.8 cm³/mol. The number of urea groups is 1. The van der Waals surface area contributed by atoms with Crippen LogP contribution in [0.4, 0.5) is 10.5 Å². The summed E-state index contributed by atoms with van der Waals surface area (Å²) in [6.45, 7) is 1.86. The maximum atomic E-state index is 10.5. The fourth-order valence-electron chi connectivity index (χ4n) is 1.08. The van der Waals surface area contributed by atoms with Crippen molar-refractivity contribution < 1.29 is 9.72 Å². The van der Waals surface area contributed by atoms with E-state index in [1.807, 2.05) is 6.92 Å². The number of hydrogen-bond donors (Lipinski definition) is 2. The lowest BCUT2D eigenvalue weighted by Crippen LogP contribution is -2.23. The Hall–Kier alpha value is -1.76. The van der Waals surface area contributed by atoms with Gasteiger partial charge in [0.1, 0.15) is 0 Å². The molecule has 7 heteroatoms. The molecule has 0 aromatic heterocycles. The summed E-state index contributed by atoms with van der Waals surface area (Å²) in [7, 11) is 0. The van der Waals surface area contributed by atoms with Crippen molar-refractivity contribution in [3.63, 3.8) is 0 Å². The highest BCUT2D eigenvalue weighted by Gasteiger charge is 2.10. The summed E-state index contributed by atoms with van der Waals surface area (Å²) in [6, 6.07) is 5.54. The predicted octanol–water partition coefficient (Wildman–Crippen LogP) is 1.97. The molecule has 1 rings (SSSR count). The minimum absolute atomic E-state index is 0.0201. The number of nitrogens with zero attached hydrogens (tertiary/aromatic N) is 1. The van der Waals surface area contributed by atoms with Gasteiger partial charge in [-0.2, -0.15) is 0 Å². The van der Waals surface area contributed by atoms with Crippen molar-refractivity contribution in [1.82, 2.24) is 4.72 Å². The van der Waals surface area contributed by atoms with Gasteiger partial charge in [-0.1, -0.05) is 12.1 Å². The zero-order valence-electron chi connectivity index (χ0n) is 8.54. The summed E-state index contributed by atoms with van der Waals surface area (Å²) in [6.07, 6.45) is 0. The van der Waals surface area contributed by atoms with Crippen LogP contribution in [-0.2, 0) is 0 Å². The number of carbonyl (C=O) groups excluding carboxylic acids is 1. The van der Waals surface area contributed by atoms with Gasteiger partial charge in [0.15, 0.2) is 0 Å². The van der Waals surface area contributed by atoms with Gasteiger partial charge in [-0.15, -0.1) is 0 Å². The van der Waals surface area contributed by atoms with E-state index in [0.29, 0.717) is 0 Å². The first-order valence-corrected chi connectivity index (χ1v) is 5.34. The third-order valence-electron chi connectivity index (χ3n) is 1.91. The molecule has 6 nitrogen and oxygen atoms in total. The van der Waals surface area contributed by atoms with Crippen LogP contribution in [0, 0.1) is 10.1 Å². The van der Waals surface area contributed by atoms with Crippen molar-refractivity contribution in [2.24, 2.45) is 5.73 Å². The van der Waals surface area contributed by atoms with E-state index in [2.05, 4.69) is 4.72 Å². The van der Waals surface area contributed by atoms with Gasteiger partial charge in [0.2, 0.25) is 0 Å². The molecule has 0 saturated carbocycles. The van der Waals surface area contributed by atoms with Crippen molar-refractivity contribution in [2.45, 2.75) is 12.2 Å². The van der Waals surface area contributed by atoms with Crippen LogP contribution in [-0.4, -0.2) is 11.0 Å². The Bertz CT molecular complexity index is 393. The summed E-state index contributed by atoms with van der Waals surface area (Å²) in [5, 5.41) is 10.4. The van der Waals surface area contributed by atoms with E-state index in [9.17, 15) is 14.9 Å². The molecule has 0 aliphatic heterocycles. The number of nitro benzene ring substituents is 1. The van der Waals surface area contributed by atoms with Crippen LogP contribution in [0.25, 0.3) is 0 Å². The van der Waals surface area contributed by atoms with E-state index >= 15 is 0 Å². The van der Waals surface area contributed by atoms with Gasteiger partial charge < -0.3 is 5.73 Å². The Morgan fingerprint density at radius 1 is 1.50 bits per heavy atom. The molecular formula is C9H11N3O3S. The molecule has 0 bridgehead atoms. The number of carbonyl (C=O) groups is 1. The molecule has 0 spiro atoms. The van der Waals surface area contributed by atoms with E-state index in [0.717, 1.165) is 17.5 Å². The zero-order valence-corrected chi connectivity index (χ0v) is 9.36. The maximum Gasteiger partial charge on any atom is 0.322 e. The van der Waals surface area contributed by atoms with E-state index in [1.165, 1.54) is 12.1 Å². The first-order chi connectivity index (χ1) is 7.50. The Kier molecular flexibility index (Phi) is 4.12. The maximum absolute atomic E-state index is 10.5. The van der Waals surface area contributed by atoms with Crippen LogP contribution in [0.3, 0.4) is 0 Å². The molecule has 3 N–H and O–H groups in total. The molecule has 0 radical (unpaired) electrons. The lowest BCUT2D eigenvalue weighted by atomic mass is 10.1. The van der Waals surface area contributed by atoms with Crippen LogP contribution in [0.2, 0.25) is 0 Å². The van der Waals surface area contributed by atoms with Gasteiger partial charge >= 0.3 is 6.03 Å². The zero-order chi connectivity index (χ0) is 12.1. The van der Waals surface area contributed by atoms with E-state index < -0.39 is 11.0 Å². The fourth-order valence-corrected chi connectivity index (χ4v) is 1.67. The second-order valence-corrected chi connectivity index (χ2v) is 4.22. The fraction of sp³-hybridized carbons (Fsp3) is 0.222. The molecular weight excluding hydrogens is 230 g/mol. The molecule has 1 aromatic carbocycles. The molecule has 16 heavy (non-hydrogen) atoms. The first kappa shape index (κ1) is 12.3. The number of nitro groups is 1. The van der Waals surface area contributed by atoms with Crippen LogP contribution in [0.5, 0.6) is 0 Å². The van der Waals surface area contributed by atoms with Crippen LogP contribution in [0.1, 0.15) is 17.7 Å². The number of benzene rings is 1. The number of nitrogens with two attached hydrogens (primary N) is 1.